The number of carbonyl (C=O) groups excluding carboxylic acids is 1. The standard InChI is InChI=1S/C10H18O2/c1-9(2,3)8(12)10(7-11)5-4-6-10/h11H,4-7H2,1-3H3. The Morgan fingerprint density at radius 2 is 1.92 bits per heavy atom. The Morgan fingerprint density at radius 3 is 2.00 bits per heavy atom. The summed E-state index contributed by atoms with van der Waals surface area (Å²) >= 11 is 0. The van der Waals surface area contributed by atoms with Crippen LogP contribution < -0.4 is 0 Å². The average molecular weight is 170 g/mol. The van der Waals surface area contributed by atoms with Crippen molar-refractivity contribution < 1.29 is 9.90 Å². The second-order valence-corrected chi connectivity index (χ2v) is 4.87. The molecular formula is C10H18O2. The van der Waals surface area contributed by atoms with Crippen molar-refractivity contribution in [2.75, 3.05) is 6.61 Å². The lowest BCUT2D eigenvalue weighted by Gasteiger charge is -2.42. The number of ketones is 1. The number of aliphatic hydroxyl groups is 1. The fraction of sp³-hybridized carbons (Fsp3) is 0.900. The van der Waals surface area contributed by atoms with Crippen LogP contribution in [-0.4, -0.2) is 17.5 Å². The summed E-state index contributed by atoms with van der Waals surface area (Å²) < 4.78 is 0. The third-order valence-electron chi connectivity index (χ3n) is 2.78. The average Bonchev–Trinajstić information content (AvgIpc) is 1.84. The van der Waals surface area contributed by atoms with E-state index in [9.17, 15) is 4.79 Å². The van der Waals surface area contributed by atoms with Crippen LogP contribution in [-0.2, 0) is 4.79 Å². The van der Waals surface area contributed by atoms with Gasteiger partial charge in [0.05, 0.1) is 12.0 Å². The topological polar surface area (TPSA) is 37.3 Å². The first-order valence-electron chi connectivity index (χ1n) is 4.58. The molecule has 0 saturated heterocycles. The molecule has 0 bridgehead atoms. The molecule has 1 saturated carbocycles. The Labute approximate surface area is 74.0 Å². The zero-order valence-electron chi connectivity index (χ0n) is 8.18. The van der Waals surface area contributed by atoms with Gasteiger partial charge in [-0.25, -0.2) is 0 Å². The molecule has 0 aromatic rings. The third kappa shape index (κ3) is 1.40. The SMILES string of the molecule is CC(C)(C)C(=O)C1(CO)CCC1. The van der Waals surface area contributed by atoms with Gasteiger partial charge in [-0.05, 0) is 12.8 Å². The second-order valence-electron chi connectivity index (χ2n) is 4.87. The normalized spacial score (nSPS) is 21.7. The summed E-state index contributed by atoms with van der Waals surface area (Å²) in [4.78, 5) is 11.8. The van der Waals surface area contributed by atoms with Crippen molar-refractivity contribution in [3.05, 3.63) is 0 Å². The summed E-state index contributed by atoms with van der Waals surface area (Å²) in [6, 6.07) is 0. The number of Topliss-reactive ketones (excluding diaryl/α,β-unsaturated/α-hetero) is 1. The summed E-state index contributed by atoms with van der Waals surface area (Å²) in [5.74, 6) is 0.226. The first-order chi connectivity index (χ1) is 5.42. The van der Waals surface area contributed by atoms with Crippen LogP contribution in [0.2, 0.25) is 0 Å². The van der Waals surface area contributed by atoms with Crippen molar-refractivity contribution >= 4 is 5.78 Å². The molecule has 0 atom stereocenters. The lowest BCUT2D eigenvalue weighted by Crippen LogP contribution is -2.46. The van der Waals surface area contributed by atoms with Crippen LogP contribution in [0.1, 0.15) is 40.0 Å². The Hall–Kier alpha value is -0.370. The molecular weight excluding hydrogens is 152 g/mol. The van der Waals surface area contributed by atoms with Crippen molar-refractivity contribution in [3.63, 3.8) is 0 Å². The van der Waals surface area contributed by atoms with Crippen molar-refractivity contribution in [1.82, 2.24) is 0 Å². The molecule has 1 aliphatic rings. The van der Waals surface area contributed by atoms with E-state index in [1.165, 1.54) is 0 Å². The van der Waals surface area contributed by atoms with Crippen LogP contribution in [0.4, 0.5) is 0 Å². The minimum Gasteiger partial charge on any atom is -0.395 e. The summed E-state index contributed by atoms with van der Waals surface area (Å²) in [6.07, 6.45) is 2.83. The highest BCUT2D eigenvalue weighted by Gasteiger charge is 2.47. The zero-order chi connectivity index (χ0) is 9.41. The van der Waals surface area contributed by atoms with E-state index >= 15 is 0 Å². The molecule has 12 heavy (non-hydrogen) atoms. The van der Waals surface area contributed by atoms with Crippen LogP contribution in [0.15, 0.2) is 0 Å². The molecule has 1 N–H and O–H groups in total. The first kappa shape index (κ1) is 9.72. The fourth-order valence-electron chi connectivity index (χ4n) is 1.86. The van der Waals surface area contributed by atoms with Crippen LogP contribution in [0.5, 0.6) is 0 Å². The maximum absolute atomic E-state index is 11.8. The van der Waals surface area contributed by atoms with Gasteiger partial charge in [0.1, 0.15) is 5.78 Å². The third-order valence-corrected chi connectivity index (χ3v) is 2.78. The molecule has 1 rings (SSSR count). The highest BCUT2D eigenvalue weighted by molar-refractivity contribution is 5.90. The fourth-order valence-corrected chi connectivity index (χ4v) is 1.86. The van der Waals surface area contributed by atoms with E-state index in [4.69, 9.17) is 5.11 Å². The molecule has 1 aliphatic carbocycles. The Kier molecular flexibility index (Phi) is 2.30. The summed E-state index contributed by atoms with van der Waals surface area (Å²) in [5, 5.41) is 9.15. The van der Waals surface area contributed by atoms with Gasteiger partial charge in [0, 0.05) is 5.41 Å². The van der Waals surface area contributed by atoms with Gasteiger partial charge in [-0.1, -0.05) is 27.2 Å². The number of carbonyl (C=O) groups is 1. The molecule has 0 amide bonds. The van der Waals surface area contributed by atoms with Crippen LogP contribution >= 0.6 is 0 Å². The minimum absolute atomic E-state index is 0.0309. The van der Waals surface area contributed by atoms with Gasteiger partial charge in [-0.15, -0.1) is 0 Å². The minimum atomic E-state index is -0.377. The van der Waals surface area contributed by atoms with E-state index in [1.807, 2.05) is 20.8 Å². The number of hydrogen-bond acceptors (Lipinski definition) is 2. The molecule has 0 radical (unpaired) electrons. The smallest absolute Gasteiger partial charge is 0.146 e. The molecule has 2 nitrogen and oxygen atoms in total. The lowest BCUT2D eigenvalue weighted by molar-refractivity contribution is -0.145. The van der Waals surface area contributed by atoms with Crippen molar-refractivity contribution in [2.24, 2.45) is 10.8 Å². The second kappa shape index (κ2) is 2.84. The maximum atomic E-state index is 11.8. The predicted octanol–water partition coefficient (Wildman–Crippen LogP) is 1.76. The van der Waals surface area contributed by atoms with Gasteiger partial charge in [-0.3, -0.25) is 4.79 Å². The van der Waals surface area contributed by atoms with E-state index in [1.54, 1.807) is 0 Å². The molecule has 0 spiro atoms. The molecule has 0 heterocycles. The molecule has 0 unspecified atom stereocenters. The van der Waals surface area contributed by atoms with Crippen molar-refractivity contribution in [3.8, 4) is 0 Å². The zero-order valence-corrected chi connectivity index (χ0v) is 8.18. The molecule has 0 aromatic carbocycles. The molecule has 0 aromatic heterocycles. The van der Waals surface area contributed by atoms with Gasteiger partial charge in [0.15, 0.2) is 0 Å². The van der Waals surface area contributed by atoms with Crippen LogP contribution in [0.25, 0.3) is 0 Å². The van der Waals surface area contributed by atoms with E-state index in [0.717, 1.165) is 19.3 Å². The predicted molar refractivity (Wildman–Crippen MR) is 47.8 cm³/mol. The van der Waals surface area contributed by atoms with Gasteiger partial charge >= 0.3 is 0 Å². The van der Waals surface area contributed by atoms with Gasteiger partial charge in [-0.2, -0.15) is 0 Å². The van der Waals surface area contributed by atoms with Gasteiger partial charge in [0.2, 0.25) is 0 Å². The molecule has 70 valence electrons. The van der Waals surface area contributed by atoms with E-state index in [-0.39, 0.29) is 23.2 Å². The highest BCUT2D eigenvalue weighted by Crippen LogP contribution is 2.45. The monoisotopic (exact) mass is 170 g/mol. The largest absolute Gasteiger partial charge is 0.395 e. The van der Waals surface area contributed by atoms with Gasteiger partial charge < -0.3 is 5.11 Å². The van der Waals surface area contributed by atoms with E-state index in [0.29, 0.717) is 0 Å². The summed E-state index contributed by atoms with van der Waals surface area (Å²) in [6.45, 7) is 5.80. The Bertz CT molecular complexity index is 179. The summed E-state index contributed by atoms with van der Waals surface area (Å²) in [7, 11) is 0. The van der Waals surface area contributed by atoms with Gasteiger partial charge in [0.25, 0.3) is 0 Å². The molecule has 1 fully saturated rings. The van der Waals surface area contributed by atoms with Crippen LogP contribution in [0.3, 0.4) is 0 Å². The maximum Gasteiger partial charge on any atom is 0.146 e. The number of hydrogen-bond donors (Lipinski definition) is 1. The molecule has 2 heteroatoms. The number of aliphatic hydroxyl groups excluding tert-OH is 1. The first-order valence-corrected chi connectivity index (χ1v) is 4.58. The lowest BCUT2D eigenvalue weighted by atomic mass is 9.61. The Morgan fingerprint density at radius 1 is 1.42 bits per heavy atom. The van der Waals surface area contributed by atoms with Crippen LogP contribution in [0, 0.1) is 10.8 Å². The van der Waals surface area contributed by atoms with E-state index < -0.39 is 0 Å². The quantitative estimate of drug-likeness (QED) is 0.685. The summed E-state index contributed by atoms with van der Waals surface area (Å²) in [5.41, 5.74) is -0.679. The van der Waals surface area contributed by atoms with Crippen molar-refractivity contribution in [1.29, 1.82) is 0 Å². The molecule has 0 aliphatic heterocycles. The van der Waals surface area contributed by atoms with E-state index in [2.05, 4.69) is 0 Å². The highest BCUT2D eigenvalue weighted by atomic mass is 16.3. The Balaban J connectivity index is 2.74. The van der Waals surface area contributed by atoms with Crippen molar-refractivity contribution in [2.45, 2.75) is 40.0 Å². The number of rotatable bonds is 2.